The Kier molecular flexibility index (Phi) is 4.36. The average Bonchev–Trinajstić information content (AvgIpc) is 2.78. The van der Waals surface area contributed by atoms with E-state index in [1.165, 1.54) is 5.56 Å². The van der Waals surface area contributed by atoms with Crippen LogP contribution in [0.5, 0.6) is 0 Å². The molecule has 1 N–H and O–H groups in total. The molecule has 0 aliphatic carbocycles. The van der Waals surface area contributed by atoms with Crippen molar-refractivity contribution in [1.82, 2.24) is 9.55 Å². The fourth-order valence-electron chi connectivity index (χ4n) is 1.84. The maximum absolute atomic E-state index is 5.08. The summed E-state index contributed by atoms with van der Waals surface area (Å²) in [4.78, 5) is 4.29. The predicted octanol–water partition coefficient (Wildman–Crippen LogP) is 2.22. The molecule has 0 atom stereocenters. The van der Waals surface area contributed by atoms with Crippen molar-refractivity contribution in [3.8, 4) is 0 Å². The van der Waals surface area contributed by atoms with Gasteiger partial charge in [0.25, 0.3) is 0 Å². The van der Waals surface area contributed by atoms with Gasteiger partial charge < -0.3 is 14.6 Å². The van der Waals surface area contributed by atoms with Crippen LogP contribution in [0.15, 0.2) is 36.7 Å². The Bertz CT molecular complexity index is 476. The number of nitrogens with zero attached hydrogens (tertiary/aromatic N) is 2. The van der Waals surface area contributed by atoms with Gasteiger partial charge in [-0.1, -0.05) is 12.1 Å². The van der Waals surface area contributed by atoms with Crippen molar-refractivity contribution < 1.29 is 4.74 Å². The molecule has 0 unspecified atom stereocenters. The molecule has 1 aromatic carbocycles. The number of rotatable bonds is 6. The fraction of sp³-hybridized carbons (Fsp3) is 0.357. The van der Waals surface area contributed by atoms with Crippen LogP contribution in [-0.2, 0) is 24.8 Å². The zero-order valence-corrected chi connectivity index (χ0v) is 10.9. The Balaban J connectivity index is 1.81. The van der Waals surface area contributed by atoms with E-state index in [0.717, 1.165) is 24.5 Å². The van der Waals surface area contributed by atoms with Gasteiger partial charge in [0.15, 0.2) is 0 Å². The highest BCUT2D eigenvalue weighted by Gasteiger charge is 1.99. The summed E-state index contributed by atoms with van der Waals surface area (Å²) in [5.41, 5.74) is 2.32. The number of imidazole rings is 1. The van der Waals surface area contributed by atoms with Crippen LogP contribution in [0.2, 0.25) is 0 Å². The van der Waals surface area contributed by atoms with Crippen molar-refractivity contribution in [2.24, 2.45) is 7.05 Å². The first-order valence-electron chi connectivity index (χ1n) is 6.07. The third-order valence-electron chi connectivity index (χ3n) is 2.86. The van der Waals surface area contributed by atoms with Gasteiger partial charge in [-0.2, -0.15) is 0 Å². The maximum Gasteiger partial charge on any atom is 0.110 e. The second kappa shape index (κ2) is 6.21. The van der Waals surface area contributed by atoms with E-state index < -0.39 is 0 Å². The molecule has 0 saturated carbocycles. The third-order valence-corrected chi connectivity index (χ3v) is 2.86. The Morgan fingerprint density at radius 2 is 2.06 bits per heavy atom. The number of aryl methyl sites for hydroxylation is 1. The molecule has 18 heavy (non-hydrogen) atoms. The van der Waals surface area contributed by atoms with E-state index >= 15 is 0 Å². The zero-order chi connectivity index (χ0) is 12.8. The molecule has 2 aromatic rings. The Morgan fingerprint density at radius 3 is 2.67 bits per heavy atom. The second-order valence-electron chi connectivity index (χ2n) is 4.26. The molecule has 0 aliphatic heterocycles. The minimum atomic E-state index is 0.660. The molecule has 1 heterocycles. The topological polar surface area (TPSA) is 39.1 Å². The molecular formula is C14H19N3O. The molecule has 0 saturated heterocycles. The Labute approximate surface area is 108 Å². The number of nitrogens with one attached hydrogen (secondary N) is 1. The van der Waals surface area contributed by atoms with Crippen molar-refractivity contribution in [3.05, 3.63) is 48.0 Å². The van der Waals surface area contributed by atoms with Crippen LogP contribution in [0.4, 0.5) is 5.69 Å². The van der Waals surface area contributed by atoms with Gasteiger partial charge in [0.1, 0.15) is 5.82 Å². The SMILES string of the molecule is COCc1ccc(NCCc2nccn2C)cc1. The maximum atomic E-state index is 5.08. The molecule has 0 radical (unpaired) electrons. The van der Waals surface area contributed by atoms with Crippen LogP contribution in [0.25, 0.3) is 0 Å². The van der Waals surface area contributed by atoms with Crippen LogP contribution >= 0.6 is 0 Å². The van der Waals surface area contributed by atoms with Crippen LogP contribution in [0, 0.1) is 0 Å². The van der Waals surface area contributed by atoms with Gasteiger partial charge in [-0.15, -0.1) is 0 Å². The molecule has 2 rings (SSSR count). The van der Waals surface area contributed by atoms with Gasteiger partial charge in [0.05, 0.1) is 6.61 Å². The summed E-state index contributed by atoms with van der Waals surface area (Å²) in [7, 11) is 3.72. The summed E-state index contributed by atoms with van der Waals surface area (Å²) < 4.78 is 7.12. The molecule has 0 spiro atoms. The summed E-state index contributed by atoms with van der Waals surface area (Å²) in [5.74, 6) is 1.10. The van der Waals surface area contributed by atoms with Crippen molar-refractivity contribution in [1.29, 1.82) is 0 Å². The van der Waals surface area contributed by atoms with Gasteiger partial charge >= 0.3 is 0 Å². The van der Waals surface area contributed by atoms with E-state index in [0.29, 0.717) is 6.61 Å². The van der Waals surface area contributed by atoms with E-state index in [1.807, 2.05) is 24.0 Å². The number of hydrogen-bond donors (Lipinski definition) is 1. The summed E-state index contributed by atoms with van der Waals surface area (Å²) >= 11 is 0. The van der Waals surface area contributed by atoms with E-state index in [1.54, 1.807) is 7.11 Å². The number of aromatic nitrogens is 2. The molecule has 96 valence electrons. The lowest BCUT2D eigenvalue weighted by atomic mass is 10.2. The highest BCUT2D eigenvalue weighted by molar-refractivity contribution is 5.44. The largest absolute Gasteiger partial charge is 0.385 e. The lowest BCUT2D eigenvalue weighted by Crippen LogP contribution is -2.08. The van der Waals surface area contributed by atoms with Crippen molar-refractivity contribution in [2.45, 2.75) is 13.0 Å². The first-order valence-corrected chi connectivity index (χ1v) is 6.07. The van der Waals surface area contributed by atoms with Gasteiger partial charge in [-0.3, -0.25) is 0 Å². The molecule has 0 fully saturated rings. The van der Waals surface area contributed by atoms with E-state index in [4.69, 9.17) is 4.74 Å². The van der Waals surface area contributed by atoms with Gasteiger partial charge in [0, 0.05) is 45.2 Å². The summed E-state index contributed by atoms with van der Waals surface area (Å²) in [6, 6.07) is 8.30. The number of anilines is 1. The van der Waals surface area contributed by atoms with Crippen molar-refractivity contribution >= 4 is 5.69 Å². The van der Waals surface area contributed by atoms with E-state index in [-0.39, 0.29) is 0 Å². The number of benzene rings is 1. The summed E-state index contributed by atoms with van der Waals surface area (Å²) in [6.45, 7) is 1.54. The van der Waals surface area contributed by atoms with Gasteiger partial charge in [0.2, 0.25) is 0 Å². The minimum Gasteiger partial charge on any atom is -0.385 e. The van der Waals surface area contributed by atoms with Crippen LogP contribution in [0.1, 0.15) is 11.4 Å². The van der Waals surface area contributed by atoms with Crippen LogP contribution in [0.3, 0.4) is 0 Å². The second-order valence-corrected chi connectivity index (χ2v) is 4.26. The normalized spacial score (nSPS) is 10.6. The minimum absolute atomic E-state index is 0.660. The standard InChI is InChI=1S/C14H19N3O/c1-17-10-9-16-14(17)7-8-15-13-5-3-12(4-6-13)11-18-2/h3-6,9-10,15H,7-8,11H2,1-2H3. The predicted molar refractivity (Wildman–Crippen MR) is 72.6 cm³/mol. The van der Waals surface area contributed by atoms with Gasteiger partial charge in [-0.25, -0.2) is 4.98 Å². The molecule has 4 heteroatoms. The van der Waals surface area contributed by atoms with E-state index in [9.17, 15) is 0 Å². The zero-order valence-electron chi connectivity index (χ0n) is 10.9. The first kappa shape index (κ1) is 12.6. The van der Waals surface area contributed by atoms with Crippen molar-refractivity contribution in [2.75, 3.05) is 19.0 Å². The van der Waals surface area contributed by atoms with E-state index in [2.05, 4.69) is 34.6 Å². The quantitative estimate of drug-likeness (QED) is 0.848. The number of methoxy groups -OCH3 is 1. The smallest absolute Gasteiger partial charge is 0.110 e. The molecule has 0 aliphatic rings. The van der Waals surface area contributed by atoms with Crippen molar-refractivity contribution in [3.63, 3.8) is 0 Å². The third kappa shape index (κ3) is 3.34. The fourth-order valence-corrected chi connectivity index (χ4v) is 1.84. The summed E-state index contributed by atoms with van der Waals surface area (Å²) in [6.07, 6.45) is 4.72. The molecule has 4 nitrogen and oxygen atoms in total. The van der Waals surface area contributed by atoms with Crippen LogP contribution < -0.4 is 5.32 Å². The highest BCUT2D eigenvalue weighted by atomic mass is 16.5. The van der Waals surface area contributed by atoms with Crippen LogP contribution in [-0.4, -0.2) is 23.2 Å². The number of hydrogen-bond acceptors (Lipinski definition) is 3. The monoisotopic (exact) mass is 245 g/mol. The van der Waals surface area contributed by atoms with Gasteiger partial charge in [-0.05, 0) is 17.7 Å². The first-order chi connectivity index (χ1) is 8.79. The molecule has 0 amide bonds. The molecule has 0 bridgehead atoms. The molecular weight excluding hydrogens is 226 g/mol. The lowest BCUT2D eigenvalue weighted by Gasteiger charge is -2.07. The number of ether oxygens (including phenoxy) is 1. The Morgan fingerprint density at radius 1 is 1.28 bits per heavy atom. The average molecular weight is 245 g/mol. The molecule has 1 aromatic heterocycles. The lowest BCUT2D eigenvalue weighted by molar-refractivity contribution is 0.185. The Hall–Kier alpha value is -1.81. The summed E-state index contributed by atoms with van der Waals surface area (Å²) in [5, 5.41) is 3.39. The highest BCUT2D eigenvalue weighted by Crippen LogP contribution is 2.10.